The van der Waals surface area contributed by atoms with E-state index in [2.05, 4.69) is 9.97 Å². The van der Waals surface area contributed by atoms with Crippen LogP contribution in [0.1, 0.15) is 21.9 Å². The number of ether oxygens (including phenoxy) is 1. The zero-order valence-corrected chi connectivity index (χ0v) is 11.4. The van der Waals surface area contributed by atoms with E-state index in [1.165, 1.54) is 0 Å². The Balaban J connectivity index is 1.97. The van der Waals surface area contributed by atoms with Crippen LogP contribution < -0.4 is 4.74 Å². The maximum Gasteiger partial charge on any atom is 0.356 e. The molecule has 3 heterocycles. The average Bonchev–Trinajstić information content (AvgIpc) is 2.84. The van der Waals surface area contributed by atoms with E-state index in [1.807, 2.05) is 13.0 Å². The number of aromatic carboxylic acids is 1. The predicted molar refractivity (Wildman–Crippen MR) is 75.5 cm³/mol. The highest BCUT2D eigenvalue weighted by atomic mass is 16.5. The van der Waals surface area contributed by atoms with Gasteiger partial charge >= 0.3 is 5.97 Å². The van der Waals surface area contributed by atoms with E-state index in [-0.39, 0.29) is 12.3 Å². The van der Waals surface area contributed by atoms with E-state index in [9.17, 15) is 9.90 Å². The minimum absolute atomic E-state index is 0.0310. The lowest BCUT2D eigenvalue weighted by atomic mass is 10.2. The molecule has 0 aromatic carbocycles. The Hall–Kier alpha value is -2.89. The first-order valence-electron chi connectivity index (χ1n) is 6.39. The number of nitrogens with zero attached hydrogens (tertiary/aromatic N) is 3. The molecule has 0 unspecified atom stereocenters. The highest BCUT2D eigenvalue weighted by Gasteiger charge is 2.17. The van der Waals surface area contributed by atoms with Gasteiger partial charge in [0.05, 0.1) is 11.7 Å². The lowest BCUT2D eigenvalue weighted by Gasteiger charge is -2.05. The van der Waals surface area contributed by atoms with Gasteiger partial charge in [0.1, 0.15) is 12.4 Å². The molecule has 0 saturated heterocycles. The highest BCUT2D eigenvalue weighted by molar-refractivity contribution is 5.93. The van der Waals surface area contributed by atoms with E-state index in [1.54, 1.807) is 41.2 Å². The molecule has 0 bridgehead atoms. The summed E-state index contributed by atoms with van der Waals surface area (Å²) in [7, 11) is 0. The van der Waals surface area contributed by atoms with Gasteiger partial charge in [0.15, 0.2) is 11.5 Å². The molecule has 0 saturated carbocycles. The monoisotopic (exact) mass is 283 g/mol. The molecular formula is C15H13N3O3. The van der Waals surface area contributed by atoms with Crippen LogP contribution in [0.4, 0.5) is 0 Å². The van der Waals surface area contributed by atoms with Crippen LogP contribution in [-0.4, -0.2) is 25.4 Å². The van der Waals surface area contributed by atoms with E-state index in [0.717, 1.165) is 5.56 Å². The van der Waals surface area contributed by atoms with Crippen molar-refractivity contribution in [2.45, 2.75) is 13.5 Å². The Labute approximate surface area is 120 Å². The minimum Gasteiger partial charge on any atom is -0.484 e. The van der Waals surface area contributed by atoms with Crippen LogP contribution in [0.5, 0.6) is 5.75 Å². The molecule has 0 aliphatic rings. The van der Waals surface area contributed by atoms with Gasteiger partial charge in [0, 0.05) is 12.4 Å². The fourth-order valence-electron chi connectivity index (χ4n) is 2.09. The molecule has 0 spiro atoms. The molecule has 0 aliphatic heterocycles. The molecule has 21 heavy (non-hydrogen) atoms. The average molecular weight is 283 g/mol. The summed E-state index contributed by atoms with van der Waals surface area (Å²) in [5, 5.41) is 9.25. The summed E-state index contributed by atoms with van der Waals surface area (Å²) in [6.07, 6.45) is 5.05. The Morgan fingerprint density at radius 3 is 3.00 bits per heavy atom. The summed E-state index contributed by atoms with van der Waals surface area (Å²) in [5.74, 6) is 0.0928. The SMILES string of the molecule is Cc1ccn2c(COc3cccnc3)nc(C(=O)O)c2c1. The summed E-state index contributed by atoms with van der Waals surface area (Å²) < 4.78 is 7.31. The number of rotatable bonds is 4. The first-order chi connectivity index (χ1) is 10.1. The van der Waals surface area contributed by atoms with Crippen LogP contribution in [0.3, 0.4) is 0 Å². The van der Waals surface area contributed by atoms with Gasteiger partial charge in [0.25, 0.3) is 0 Å². The predicted octanol–water partition coefficient (Wildman–Crippen LogP) is 2.31. The molecule has 0 radical (unpaired) electrons. The van der Waals surface area contributed by atoms with Crippen LogP contribution in [-0.2, 0) is 6.61 Å². The molecule has 0 atom stereocenters. The van der Waals surface area contributed by atoms with Crippen molar-refractivity contribution in [1.82, 2.24) is 14.4 Å². The number of hydrogen-bond donors (Lipinski definition) is 1. The summed E-state index contributed by atoms with van der Waals surface area (Å²) in [6.45, 7) is 2.08. The van der Waals surface area contributed by atoms with E-state index < -0.39 is 5.97 Å². The van der Waals surface area contributed by atoms with E-state index >= 15 is 0 Å². The van der Waals surface area contributed by atoms with Crippen molar-refractivity contribution in [2.75, 3.05) is 0 Å². The van der Waals surface area contributed by atoms with Gasteiger partial charge < -0.3 is 9.84 Å². The second kappa shape index (κ2) is 5.24. The molecular weight excluding hydrogens is 270 g/mol. The van der Waals surface area contributed by atoms with E-state index in [0.29, 0.717) is 17.1 Å². The number of pyridine rings is 2. The van der Waals surface area contributed by atoms with Gasteiger partial charge in [-0.1, -0.05) is 0 Å². The Kier molecular flexibility index (Phi) is 3.27. The first-order valence-corrected chi connectivity index (χ1v) is 6.39. The Morgan fingerprint density at radius 2 is 2.29 bits per heavy atom. The van der Waals surface area contributed by atoms with Crippen LogP contribution in [0.25, 0.3) is 5.52 Å². The minimum atomic E-state index is -1.05. The summed E-state index contributed by atoms with van der Waals surface area (Å²) in [6, 6.07) is 7.24. The maximum absolute atomic E-state index is 11.3. The fraction of sp³-hybridized carbons (Fsp3) is 0.133. The molecule has 0 aliphatic carbocycles. The number of fused-ring (bicyclic) bond motifs is 1. The smallest absolute Gasteiger partial charge is 0.356 e. The molecule has 106 valence electrons. The van der Waals surface area contributed by atoms with Crippen molar-refractivity contribution < 1.29 is 14.6 Å². The molecule has 3 rings (SSSR count). The van der Waals surface area contributed by atoms with Crippen LogP contribution >= 0.6 is 0 Å². The third-order valence-corrected chi connectivity index (χ3v) is 3.08. The van der Waals surface area contributed by atoms with Crippen LogP contribution in [0.15, 0.2) is 42.9 Å². The lowest BCUT2D eigenvalue weighted by molar-refractivity contribution is 0.0693. The normalized spacial score (nSPS) is 10.7. The molecule has 3 aromatic rings. The fourth-order valence-corrected chi connectivity index (χ4v) is 2.09. The highest BCUT2D eigenvalue weighted by Crippen LogP contribution is 2.17. The number of aromatic nitrogens is 3. The number of carbonyl (C=O) groups is 1. The third kappa shape index (κ3) is 2.55. The van der Waals surface area contributed by atoms with Crippen molar-refractivity contribution in [2.24, 2.45) is 0 Å². The second-order valence-electron chi connectivity index (χ2n) is 4.62. The number of carboxylic acids is 1. The Bertz CT molecular complexity index is 797. The Morgan fingerprint density at radius 1 is 1.43 bits per heavy atom. The summed E-state index contributed by atoms with van der Waals surface area (Å²) >= 11 is 0. The van der Waals surface area contributed by atoms with Crippen molar-refractivity contribution in [3.8, 4) is 5.75 Å². The summed E-state index contributed by atoms with van der Waals surface area (Å²) in [4.78, 5) is 19.4. The third-order valence-electron chi connectivity index (χ3n) is 3.08. The second-order valence-corrected chi connectivity index (χ2v) is 4.62. The van der Waals surface area contributed by atoms with Gasteiger partial charge in [-0.2, -0.15) is 0 Å². The van der Waals surface area contributed by atoms with Gasteiger partial charge in [-0.25, -0.2) is 9.78 Å². The standard InChI is InChI=1S/C15H13N3O3/c1-10-4-6-18-12(7-10)14(15(19)20)17-13(18)9-21-11-3-2-5-16-8-11/h2-8H,9H2,1H3,(H,19,20). The molecule has 1 N–H and O–H groups in total. The maximum atomic E-state index is 11.3. The van der Waals surface area contributed by atoms with Crippen molar-refractivity contribution >= 4 is 11.5 Å². The summed E-state index contributed by atoms with van der Waals surface area (Å²) in [5.41, 5.74) is 1.57. The lowest BCUT2D eigenvalue weighted by Crippen LogP contribution is -2.01. The van der Waals surface area contributed by atoms with Gasteiger partial charge in [-0.3, -0.25) is 9.38 Å². The van der Waals surface area contributed by atoms with Crippen molar-refractivity contribution in [3.05, 3.63) is 59.9 Å². The van der Waals surface area contributed by atoms with Gasteiger partial charge in [-0.15, -0.1) is 0 Å². The molecule has 6 nitrogen and oxygen atoms in total. The number of hydrogen-bond acceptors (Lipinski definition) is 4. The van der Waals surface area contributed by atoms with Crippen LogP contribution in [0, 0.1) is 6.92 Å². The topological polar surface area (TPSA) is 76.7 Å². The quantitative estimate of drug-likeness (QED) is 0.795. The number of imidazole rings is 1. The molecule has 3 aromatic heterocycles. The molecule has 6 heteroatoms. The molecule has 0 fully saturated rings. The van der Waals surface area contributed by atoms with Crippen molar-refractivity contribution in [3.63, 3.8) is 0 Å². The van der Waals surface area contributed by atoms with Gasteiger partial charge in [0.2, 0.25) is 0 Å². The first kappa shape index (κ1) is 13.1. The van der Waals surface area contributed by atoms with Crippen LogP contribution in [0.2, 0.25) is 0 Å². The number of aryl methyl sites for hydroxylation is 1. The van der Waals surface area contributed by atoms with Crippen molar-refractivity contribution in [1.29, 1.82) is 0 Å². The van der Waals surface area contributed by atoms with Gasteiger partial charge in [-0.05, 0) is 36.8 Å². The zero-order chi connectivity index (χ0) is 14.8. The zero-order valence-electron chi connectivity index (χ0n) is 11.4. The number of carboxylic acid groups (broad SMARTS) is 1. The van der Waals surface area contributed by atoms with E-state index in [4.69, 9.17) is 4.74 Å². The molecule has 0 amide bonds. The largest absolute Gasteiger partial charge is 0.484 e.